The fraction of sp³-hybridized carbons (Fsp3) is 0.250. The molecular weight excluding hydrogens is 298 g/mol. The Kier molecular flexibility index (Phi) is 4.02. The summed E-state index contributed by atoms with van der Waals surface area (Å²) in [5.41, 5.74) is 2.32. The molecule has 0 aliphatic carbocycles. The van der Waals surface area contributed by atoms with Crippen LogP contribution in [0.3, 0.4) is 0 Å². The average molecular weight is 312 g/mol. The van der Waals surface area contributed by atoms with Crippen molar-refractivity contribution in [2.75, 3.05) is 24.3 Å². The molecule has 5 heteroatoms. The number of hydrogen-bond donors (Lipinski definition) is 1. The van der Waals surface area contributed by atoms with Crippen LogP contribution < -0.4 is 10.2 Å². The van der Waals surface area contributed by atoms with Gasteiger partial charge in [-0.05, 0) is 45.1 Å². The van der Waals surface area contributed by atoms with Gasteiger partial charge in [0.2, 0.25) is 0 Å². The molecule has 3 nitrogen and oxygen atoms in total. The molecule has 0 atom stereocenters. The smallest absolute Gasteiger partial charge is 0.128 e. The summed E-state index contributed by atoms with van der Waals surface area (Å²) in [6, 6.07) is 6.18. The average Bonchev–Trinajstić information content (AvgIpc) is 2.73. The lowest BCUT2D eigenvalue weighted by atomic mass is 10.3. The summed E-state index contributed by atoms with van der Waals surface area (Å²) in [5.74, 6) is 0.967. The van der Waals surface area contributed by atoms with Crippen LogP contribution in [0.1, 0.15) is 5.56 Å². The number of aromatic nitrogens is 1. The van der Waals surface area contributed by atoms with Gasteiger partial charge in [-0.3, -0.25) is 0 Å². The van der Waals surface area contributed by atoms with Gasteiger partial charge < -0.3 is 10.2 Å². The SMILES string of the molecule is CN(C)c1ccc(NCc2csc(Br)c2)cn1. The highest BCUT2D eigenvalue weighted by molar-refractivity contribution is 9.11. The molecule has 0 spiro atoms. The molecule has 0 unspecified atom stereocenters. The van der Waals surface area contributed by atoms with Crippen molar-refractivity contribution in [3.8, 4) is 0 Å². The first kappa shape index (κ1) is 12.4. The Balaban J connectivity index is 1.95. The van der Waals surface area contributed by atoms with E-state index in [1.54, 1.807) is 11.3 Å². The van der Waals surface area contributed by atoms with Crippen LogP contribution in [0.2, 0.25) is 0 Å². The Morgan fingerprint density at radius 3 is 2.76 bits per heavy atom. The molecule has 2 heterocycles. The van der Waals surface area contributed by atoms with Crippen LogP contribution in [0, 0.1) is 0 Å². The molecule has 0 fully saturated rings. The molecule has 0 radical (unpaired) electrons. The third kappa shape index (κ3) is 3.44. The third-order valence-corrected chi connectivity index (χ3v) is 3.88. The fourth-order valence-electron chi connectivity index (χ4n) is 1.40. The van der Waals surface area contributed by atoms with Crippen LogP contribution in [0.15, 0.2) is 33.6 Å². The second-order valence-electron chi connectivity index (χ2n) is 3.91. The maximum absolute atomic E-state index is 4.35. The summed E-state index contributed by atoms with van der Waals surface area (Å²) in [4.78, 5) is 6.34. The number of anilines is 2. The van der Waals surface area contributed by atoms with E-state index in [0.29, 0.717) is 0 Å². The maximum Gasteiger partial charge on any atom is 0.128 e. The predicted octanol–water partition coefficient (Wildman–Crippen LogP) is 3.58. The lowest BCUT2D eigenvalue weighted by Gasteiger charge is -2.11. The Labute approximate surface area is 114 Å². The topological polar surface area (TPSA) is 28.2 Å². The van der Waals surface area contributed by atoms with E-state index >= 15 is 0 Å². The molecule has 2 rings (SSSR count). The van der Waals surface area contributed by atoms with E-state index in [1.165, 1.54) is 5.56 Å². The van der Waals surface area contributed by atoms with Gasteiger partial charge in [-0.25, -0.2) is 4.98 Å². The van der Waals surface area contributed by atoms with E-state index in [0.717, 1.165) is 21.8 Å². The van der Waals surface area contributed by atoms with Crippen molar-refractivity contribution >= 4 is 38.8 Å². The Morgan fingerprint density at radius 1 is 1.41 bits per heavy atom. The van der Waals surface area contributed by atoms with E-state index in [2.05, 4.69) is 37.7 Å². The molecule has 0 bridgehead atoms. The van der Waals surface area contributed by atoms with Gasteiger partial charge >= 0.3 is 0 Å². The lowest BCUT2D eigenvalue weighted by molar-refractivity contribution is 1.06. The van der Waals surface area contributed by atoms with Crippen molar-refractivity contribution in [1.29, 1.82) is 0 Å². The minimum absolute atomic E-state index is 0.824. The zero-order chi connectivity index (χ0) is 12.3. The predicted molar refractivity (Wildman–Crippen MR) is 77.9 cm³/mol. The molecule has 2 aromatic rings. The summed E-state index contributed by atoms with van der Waals surface area (Å²) in [6.07, 6.45) is 1.86. The van der Waals surface area contributed by atoms with Crippen molar-refractivity contribution in [3.63, 3.8) is 0 Å². The molecule has 0 amide bonds. The number of rotatable bonds is 4. The molecule has 90 valence electrons. The maximum atomic E-state index is 4.35. The van der Waals surface area contributed by atoms with Crippen LogP contribution in [0.5, 0.6) is 0 Å². The largest absolute Gasteiger partial charge is 0.380 e. The number of thiophene rings is 1. The van der Waals surface area contributed by atoms with E-state index in [9.17, 15) is 0 Å². The molecule has 0 aliphatic heterocycles. The molecule has 0 aromatic carbocycles. The Morgan fingerprint density at radius 2 is 2.24 bits per heavy atom. The number of halogens is 1. The van der Waals surface area contributed by atoms with Crippen LogP contribution in [0.25, 0.3) is 0 Å². The summed E-state index contributed by atoms with van der Waals surface area (Å²) in [5, 5.41) is 5.48. The highest BCUT2D eigenvalue weighted by Gasteiger charge is 1.99. The third-order valence-electron chi connectivity index (χ3n) is 2.32. The zero-order valence-electron chi connectivity index (χ0n) is 9.77. The van der Waals surface area contributed by atoms with Gasteiger partial charge in [-0.1, -0.05) is 0 Å². The molecule has 2 aromatic heterocycles. The monoisotopic (exact) mass is 311 g/mol. The minimum atomic E-state index is 0.824. The van der Waals surface area contributed by atoms with Gasteiger partial charge in [0.05, 0.1) is 15.7 Å². The number of nitrogens with one attached hydrogen (secondary N) is 1. The second-order valence-corrected chi connectivity index (χ2v) is 6.20. The minimum Gasteiger partial charge on any atom is -0.380 e. The summed E-state index contributed by atoms with van der Waals surface area (Å²) < 4.78 is 1.16. The van der Waals surface area contributed by atoms with E-state index in [-0.39, 0.29) is 0 Å². The van der Waals surface area contributed by atoms with Gasteiger partial charge in [0.1, 0.15) is 5.82 Å². The van der Waals surface area contributed by atoms with Crippen molar-refractivity contribution in [2.45, 2.75) is 6.54 Å². The molecule has 0 aliphatic rings. The number of hydrogen-bond acceptors (Lipinski definition) is 4. The Hall–Kier alpha value is -1.07. The summed E-state index contributed by atoms with van der Waals surface area (Å²) in [7, 11) is 3.97. The van der Waals surface area contributed by atoms with E-state index in [1.807, 2.05) is 37.3 Å². The van der Waals surface area contributed by atoms with Crippen molar-refractivity contribution in [2.24, 2.45) is 0 Å². The standard InChI is InChI=1S/C12H14BrN3S/c1-16(2)12-4-3-10(7-15-12)14-6-9-5-11(13)17-8-9/h3-5,7-8,14H,6H2,1-2H3. The Bertz CT molecular complexity index is 479. The van der Waals surface area contributed by atoms with Gasteiger partial charge in [0.25, 0.3) is 0 Å². The van der Waals surface area contributed by atoms with Crippen LogP contribution in [-0.4, -0.2) is 19.1 Å². The van der Waals surface area contributed by atoms with Crippen LogP contribution in [0.4, 0.5) is 11.5 Å². The summed E-state index contributed by atoms with van der Waals surface area (Å²) in [6.45, 7) is 0.824. The highest BCUT2D eigenvalue weighted by atomic mass is 79.9. The van der Waals surface area contributed by atoms with Crippen molar-refractivity contribution < 1.29 is 0 Å². The summed E-state index contributed by atoms with van der Waals surface area (Å²) >= 11 is 5.16. The fourth-order valence-corrected chi connectivity index (χ4v) is 2.61. The van der Waals surface area contributed by atoms with Crippen molar-refractivity contribution in [3.05, 3.63) is 39.1 Å². The molecule has 0 saturated heterocycles. The molecule has 0 saturated carbocycles. The molecule has 1 N–H and O–H groups in total. The number of pyridine rings is 1. The van der Waals surface area contributed by atoms with E-state index in [4.69, 9.17) is 0 Å². The van der Waals surface area contributed by atoms with E-state index < -0.39 is 0 Å². The van der Waals surface area contributed by atoms with Crippen LogP contribution in [-0.2, 0) is 6.54 Å². The van der Waals surface area contributed by atoms with Gasteiger partial charge in [0, 0.05) is 20.6 Å². The molecular formula is C12H14BrN3S. The highest BCUT2D eigenvalue weighted by Crippen LogP contribution is 2.21. The first-order chi connectivity index (χ1) is 8.15. The molecule has 17 heavy (non-hydrogen) atoms. The first-order valence-corrected chi connectivity index (χ1v) is 6.92. The second kappa shape index (κ2) is 5.51. The lowest BCUT2D eigenvalue weighted by Crippen LogP contribution is -2.10. The van der Waals surface area contributed by atoms with Crippen LogP contribution >= 0.6 is 27.3 Å². The zero-order valence-corrected chi connectivity index (χ0v) is 12.2. The van der Waals surface area contributed by atoms with Crippen molar-refractivity contribution in [1.82, 2.24) is 4.98 Å². The van der Waals surface area contributed by atoms with Gasteiger partial charge in [-0.15, -0.1) is 11.3 Å². The normalized spacial score (nSPS) is 10.3. The number of nitrogens with zero attached hydrogens (tertiary/aromatic N) is 2. The van der Waals surface area contributed by atoms with Gasteiger partial charge in [0.15, 0.2) is 0 Å². The van der Waals surface area contributed by atoms with Gasteiger partial charge in [-0.2, -0.15) is 0 Å². The first-order valence-electron chi connectivity index (χ1n) is 5.25. The quantitative estimate of drug-likeness (QED) is 0.935.